The molecule has 0 radical (unpaired) electrons. The van der Waals surface area contributed by atoms with E-state index in [1.807, 2.05) is 54.5 Å². The van der Waals surface area contributed by atoms with Crippen molar-refractivity contribution < 1.29 is 29.0 Å². The van der Waals surface area contributed by atoms with Crippen LogP contribution in [0.3, 0.4) is 0 Å². The number of amides is 3. The molecule has 0 spiro atoms. The smallest absolute Gasteiger partial charge is 0.407 e. The number of methoxy groups -OCH3 is 1. The third-order valence-electron chi connectivity index (χ3n) is 8.51. The number of hydrogen-bond acceptors (Lipinski definition) is 6. The van der Waals surface area contributed by atoms with Crippen LogP contribution in [-0.4, -0.2) is 112 Å². The number of unbranched alkanes of at least 4 members (excludes halogenated alkanes) is 1. The maximum absolute atomic E-state index is 14.7. The number of piperidine rings is 1. The highest BCUT2D eigenvalue weighted by atomic mass is 16.5. The van der Waals surface area contributed by atoms with Crippen LogP contribution in [0.15, 0.2) is 24.4 Å². The van der Waals surface area contributed by atoms with Crippen LogP contribution >= 0.6 is 0 Å². The topological polar surface area (TPSA) is 117 Å². The van der Waals surface area contributed by atoms with Crippen molar-refractivity contribution in [3.05, 3.63) is 35.8 Å². The number of rotatable bonds is 10. The Morgan fingerprint density at radius 2 is 1.88 bits per heavy atom. The van der Waals surface area contributed by atoms with Gasteiger partial charge in [-0.2, -0.15) is 0 Å². The first-order chi connectivity index (χ1) is 20.4. The number of carbonyl (C=O) groups excluding carboxylic acids is 2. The lowest BCUT2D eigenvalue weighted by molar-refractivity contribution is -0.144. The largest absolute Gasteiger partial charge is 0.465 e. The molecule has 2 aliphatic heterocycles. The summed E-state index contributed by atoms with van der Waals surface area (Å²) in [5.74, 6) is -0.742. The number of fused-ring (bicyclic) bond motifs is 1. The van der Waals surface area contributed by atoms with E-state index in [1.54, 1.807) is 12.0 Å². The zero-order valence-electron chi connectivity index (χ0n) is 26.6. The lowest BCUT2D eigenvalue weighted by atomic mass is 9.74. The van der Waals surface area contributed by atoms with E-state index in [1.165, 1.54) is 4.90 Å². The Morgan fingerprint density at radius 3 is 2.51 bits per heavy atom. The second kappa shape index (κ2) is 14.1. The zero-order valence-corrected chi connectivity index (χ0v) is 26.6. The van der Waals surface area contributed by atoms with Crippen molar-refractivity contribution in [3.63, 3.8) is 0 Å². The summed E-state index contributed by atoms with van der Waals surface area (Å²) in [6.45, 7) is 13.2. The van der Waals surface area contributed by atoms with Crippen LogP contribution in [0.25, 0.3) is 5.65 Å². The fraction of sp³-hybridized carbons (Fsp3) is 0.688. The third kappa shape index (κ3) is 7.49. The number of imidazole rings is 1. The second-order valence-electron chi connectivity index (χ2n) is 13.3. The molecule has 4 rings (SSSR count). The molecule has 11 heteroatoms. The molecule has 0 bridgehead atoms. The number of likely N-dealkylation sites (tertiary alicyclic amines) is 1. The number of ether oxygens (including phenoxy) is 2. The maximum atomic E-state index is 14.7. The molecule has 43 heavy (non-hydrogen) atoms. The van der Waals surface area contributed by atoms with E-state index in [9.17, 15) is 19.5 Å². The summed E-state index contributed by atoms with van der Waals surface area (Å²) in [6, 6.07) is 4.70. The van der Waals surface area contributed by atoms with Crippen LogP contribution in [0, 0.1) is 17.3 Å². The van der Waals surface area contributed by atoms with Gasteiger partial charge >= 0.3 is 6.09 Å². The van der Waals surface area contributed by atoms with Crippen LogP contribution in [0.2, 0.25) is 0 Å². The molecule has 3 amide bonds. The standard InChI is InChI=1S/C32H49N5O6/c1-22(2)20-36(30(39)27-24(11-8-10-16-42-6)35-13-9-7-12-26(35)33-27)25-19-23(29(38)34-14-17-43-18-15-34)21-37(31(40)41)28(25)32(3,4)5/h7,9,12-13,22-23,25,28H,8,10-11,14-21H2,1-6H3,(H,40,41)/t23-,25+,28?/m1/s1. The second-order valence-corrected chi connectivity index (χ2v) is 13.3. The van der Waals surface area contributed by atoms with Crippen molar-refractivity contribution in [1.29, 1.82) is 0 Å². The minimum absolute atomic E-state index is 0.0737. The van der Waals surface area contributed by atoms with Gasteiger partial charge in [0.05, 0.1) is 36.9 Å². The summed E-state index contributed by atoms with van der Waals surface area (Å²) in [7, 11) is 1.68. The summed E-state index contributed by atoms with van der Waals surface area (Å²) in [6.07, 6.45) is 3.58. The van der Waals surface area contributed by atoms with E-state index in [0.29, 0.717) is 63.6 Å². The number of morpholine rings is 1. The molecule has 1 N–H and O–H groups in total. The SMILES string of the molecule is COCCCCc1c(C(=O)N(CC(C)C)[C@H]2C[C@@H](C(=O)N3CCOCC3)CN(C(=O)O)C2C(C)(C)C)nc2ccccn12. The van der Waals surface area contributed by atoms with E-state index in [4.69, 9.17) is 14.5 Å². The molecule has 2 aliphatic rings. The first kappa shape index (κ1) is 32.7. The van der Waals surface area contributed by atoms with Crippen LogP contribution in [-0.2, 0) is 20.7 Å². The molecule has 4 heterocycles. The van der Waals surface area contributed by atoms with Crippen molar-refractivity contribution in [3.8, 4) is 0 Å². The summed E-state index contributed by atoms with van der Waals surface area (Å²) in [5, 5.41) is 10.5. The average molecular weight is 600 g/mol. The molecule has 238 valence electrons. The average Bonchev–Trinajstić information content (AvgIpc) is 3.35. The fourth-order valence-corrected chi connectivity index (χ4v) is 6.71. The van der Waals surface area contributed by atoms with Gasteiger partial charge in [0.15, 0.2) is 5.69 Å². The summed E-state index contributed by atoms with van der Waals surface area (Å²) < 4.78 is 12.7. The number of nitrogens with zero attached hydrogens (tertiary/aromatic N) is 5. The van der Waals surface area contributed by atoms with Gasteiger partial charge < -0.3 is 33.7 Å². The van der Waals surface area contributed by atoms with Crippen molar-refractivity contribution in [1.82, 2.24) is 24.1 Å². The van der Waals surface area contributed by atoms with Crippen LogP contribution in [0.1, 0.15) is 70.1 Å². The zero-order chi connectivity index (χ0) is 31.3. The Labute approximate surface area is 255 Å². The number of carbonyl (C=O) groups is 3. The van der Waals surface area contributed by atoms with Gasteiger partial charge in [0.1, 0.15) is 5.65 Å². The Morgan fingerprint density at radius 1 is 1.16 bits per heavy atom. The van der Waals surface area contributed by atoms with Crippen LogP contribution in [0.4, 0.5) is 4.79 Å². The highest BCUT2D eigenvalue weighted by molar-refractivity contribution is 5.95. The van der Waals surface area contributed by atoms with Gasteiger partial charge in [-0.1, -0.05) is 40.7 Å². The maximum Gasteiger partial charge on any atom is 0.407 e. The first-order valence-corrected chi connectivity index (χ1v) is 15.6. The van der Waals surface area contributed by atoms with Gasteiger partial charge in [-0.25, -0.2) is 9.78 Å². The predicted octanol–water partition coefficient (Wildman–Crippen LogP) is 4.04. The Hall–Kier alpha value is -3.18. The van der Waals surface area contributed by atoms with E-state index >= 15 is 0 Å². The number of aromatic nitrogens is 2. The first-order valence-electron chi connectivity index (χ1n) is 15.6. The van der Waals surface area contributed by atoms with E-state index in [-0.39, 0.29) is 24.3 Å². The van der Waals surface area contributed by atoms with Gasteiger partial charge in [0.2, 0.25) is 5.91 Å². The Bertz CT molecular complexity index is 1260. The molecule has 11 nitrogen and oxygen atoms in total. The Kier molecular flexibility index (Phi) is 10.7. The van der Waals surface area contributed by atoms with Gasteiger partial charge in [0.25, 0.3) is 5.91 Å². The molecule has 0 aliphatic carbocycles. The molecular formula is C32H49N5O6. The van der Waals surface area contributed by atoms with Crippen molar-refractivity contribution in [2.75, 3.05) is 53.1 Å². The fourth-order valence-electron chi connectivity index (χ4n) is 6.71. The lowest BCUT2D eigenvalue weighted by Gasteiger charge is -2.52. The third-order valence-corrected chi connectivity index (χ3v) is 8.51. The number of carboxylic acid groups (broad SMARTS) is 1. The van der Waals surface area contributed by atoms with Gasteiger partial charge in [-0.3, -0.25) is 9.59 Å². The van der Waals surface area contributed by atoms with Crippen molar-refractivity contribution in [2.45, 2.75) is 72.4 Å². The molecule has 3 atom stereocenters. The number of hydrogen-bond donors (Lipinski definition) is 1. The summed E-state index contributed by atoms with van der Waals surface area (Å²) in [4.78, 5) is 51.1. The quantitative estimate of drug-likeness (QED) is 0.410. The molecule has 2 aromatic heterocycles. The van der Waals surface area contributed by atoms with Gasteiger partial charge in [-0.15, -0.1) is 0 Å². The summed E-state index contributed by atoms with van der Waals surface area (Å²) >= 11 is 0. The molecule has 2 aromatic rings. The molecule has 2 fully saturated rings. The molecule has 0 saturated carbocycles. The Balaban J connectivity index is 1.78. The summed E-state index contributed by atoms with van der Waals surface area (Å²) in [5.41, 5.74) is 1.43. The highest BCUT2D eigenvalue weighted by Gasteiger charge is 2.50. The minimum Gasteiger partial charge on any atom is -0.465 e. The minimum atomic E-state index is -1.08. The molecule has 2 saturated heterocycles. The van der Waals surface area contributed by atoms with Crippen LogP contribution in [0.5, 0.6) is 0 Å². The van der Waals surface area contributed by atoms with Gasteiger partial charge in [0, 0.05) is 46.1 Å². The number of aryl methyl sites for hydroxylation is 1. The molecule has 1 unspecified atom stereocenters. The van der Waals surface area contributed by atoms with Crippen molar-refractivity contribution in [2.24, 2.45) is 17.3 Å². The normalized spacial score (nSPS) is 21.4. The van der Waals surface area contributed by atoms with Gasteiger partial charge in [-0.05, 0) is 49.1 Å². The lowest BCUT2D eigenvalue weighted by Crippen LogP contribution is -2.66. The highest BCUT2D eigenvalue weighted by Crippen LogP contribution is 2.38. The predicted molar refractivity (Wildman–Crippen MR) is 163 cm³/mol. The van der Waals surface area contributed by atoms with E-state index < -0.39 is 29.5 Å². The monoisotopic (exact) mass is 599 g/mol. The van der Waals surface area contributed by atoms with Crippen LogP contribution < -0.4 is 0 Å². The van der Waals surface area contributed by atoms with E-state index in [2.05, 4.69) is 13.8 Å². The molecule has 0 aromatic carbocycles. The number of pyridine rings is 1. The van der Waals surface area contributed by atoms with Crippen molar-refractivity contribution >= 4 is 23.6 Å². The van der Waals surface area contributed by atoms with E-state index in [0.717, 1.165) is 18.5 Å². The molecular weight excluding hydrogens is 550 g/mol.